The molecule has 0 aliphatic heterocycles. The van der Waals surface area contributed by atoms with Gasteiger partial charge in [-0.2, -0.15) is 0 Å². The Kier molecular flexibility index (Phi) is 1.60. The minimum atomic E-state index is -0.159. The van der Waals surface area contributed by atoms with E-state index in [0.29, 0.717) is 11.2 Å². The molecule has 13 heavy (non-hydrogen) atoms. The maximum Gasteiger partial charge on any atom is 0.249 e. The second kappa shape index (κ2) is 2.76. The molecule has 0 saturated carbocycles. The second-order valence-corrected chi connectivity index (χ2v) is 2.63. The third-order valence-corrected chi connectivity index (χ3v) is 1.74. The SMILES string of the molecule is C#Cc1cnc2[nH]c(=O)ccc2c1. The molecular weight excluding hydrogens is 164 g/mol. The van der Waals surface area contributed by atoms with Crippen LogP contribution < -0.4 is 5.56 Å². The van der Waals surface area contributed by atoms with Crippen LogP contribution in [0.2, 0.25) is 0 Å². The number of terminal acetylenes is 1. The van der Waals surface area contributed by atoms with Gasteiger partial charge in [0.1, 0.15) is 5.65 Å². The van der Waals surface area contributed by atoms with Crippen molar-refractivity contribution in [2.45, 2.75) is 0 Å². The van der Waals surface area contributed by atoms with Crippen LogP contribution in [-0.2, 0) is 0 Å². The van der Waals surface area contributed by atoms with E-state index in [0.717, 1.165) is 5.39 Å². The lowest BCUT2D eigenvalue weighted by Gasteiger charge is -1.95. The number of aromatic amines is 1. The van der Waals surface area contributed by atoms with Crippen molar-refractivity contribution in [3.05, 3.63) is 40.3 Å². The van der Waals surface area contributed by atoms with Crippen LogP contribution in [0.1, 0.15) is 5.56 Å². The van der Waals surface area contributed by atoms with Crippen LogP contribution >= 0.6 is 0 Å². The van der Waals surface area contributed by atoms with Gasteiger partial charge in [0.2, 0.25) is 5.56 Å². The zero-order chi connectivity index (χ0) is 9.26. The Morgan fingerprint density at radius 3 is 3.08 bits per heavy atom. The maximum atomic E-state index is 10.9. The Balaban J connectivity index is 2.82. The number of aromatic nitrogens is 2. The van der Waals surface area contributed by atoms with Crippen LogP contribution in [0.5, 0.6) is 0 Å². The Morgan fingerprint density at radius 2 is 2.31 bits per heavy atom. The van der Waals surface area contributed by atoms with Gasteiger partial charge in [0.25, 0.3) is 0 Å². The Hall–Kier alpha value is -2.08. The number of rotatable bonds is 0. The van der Waals surface area contributed by atoms with E-state index in [9.17, 15) is 4.79 Å². The average Bonchev–Trinajstić information content (AvgIpc) is 2.17. The monoisotopic (exact) mass is 170 g/mol. The number of nitrogens with one attached hydrogen (secondary N) is 1. The lowest BCUT2D eigenvalue weighted by Crippen LogP contribution is -2.03. The zero-order valence-electron chi connectivity index (χ0n) is 6.74. The van der Waals surface area contributed by atoms with Crippen LogP contribution in [0.3, 0.4) is 0 Å². The normalized spacial score (nSPS) is 9.77. The third-order valence-electron chi connectivity index (χ3n) is 1.74. The quantitative estimate of drug-likeness (QED) is 0.597. The summed E-state index contributed by atoms with van der Waals surface area (Å²) < 4.78 is 0. The van der Waals surface area contributed by atoms with E-state index in [-0.39, 0.29) is 5.56 Å². The second-order valence-electron chi connectivity index (χ2n) is 2.63. The van der Waals surface area contributed by atoms with Gasteiger partial charge in [-0.15, -0.1) is 6.42 Å². The first-order valence-electron chi connectivity index (χ1n) is 3.75. The van der Waals surface area contributed by atoms with Crippen molar-refractivity contribution >= 4 is 11.0 Å². The van der Waals surface area contributed by atoms with Crippen molar-refractivity contribution in [2.24, 2.45) is 0 Å². The minimum Gasteiger partial charge on any atom is -0.307 e. The summed E-state index contributed by atoms with van der Waals surface area (Å²) in [5, 5.41) is 0.843. The molecule has 0 aromatic carbocycles. The smallest absolute Gasteiger partial charge is 0.249 e. The fourth-order valence-corrected chi connectivity index (χ4v) is 1.12. The molecule has 0 aliphatic rings. The molecule has 0 fully saturated rings. The fourth-order valence-electron chi connectivity index (χ4n) is 1.12. The highest BCUT2D eigenvalue weighted by atomic mass is 16.1. The van der Waals surface area contributed by atoms with E-state index >= 15 is 0 Å². The molecule has 0 spiro atoms. The van der Waals surface area contributed by atoms with Crippen molar-refractivity contribution in [2.75, 3.05) is 0 Å². The van der Waals surface area contributed by atoms with E-state index in [1.807, 2.05) is 0 Å². The van der Waals surface area contributed by atoms with E-state index in [1.54, 1.807) is 18.3 Å². The van der Waals surface area contributed by atoms with E-state index in [4.69, 9.17) is 6.42 Å². The molecule has 0 aliphatic carbocycles. The molecule has 3 nitrogen and oxygen atoms in total. The molecule has 0 radical (unpaired) electrons. The Bertz CT molecular complexity index is 549. The zero-order valence-corrected chi connectivity index (χ0v) is 6.74. The summed E-state index contributed by atoms with van der Waals surface area (Å²) in [5.74, 6) is 2.48. The van der Waals surface area contributed by atoms with Crippen LogP contribution in [0.15, 0.2) is 29.2 Å². The number of H-pyrrole nitrogens is 1. The van der Waals surface area contributed by atoms with Gasteiger partial charge in [0.15, 0.2) is 0 Å². The predicted octanol–water partition coefficient (Wildman–Crippen LogP) is 0.904. The number of fused-ring (bicyclic) bond motifs is 1. The molecule has 0 atom stereocenters. The van der Waals surface area contributed by atoms with Crippen molar-refractivity contribution in [3.63, 3.8) is 0 Å². The largest absolute Gasteiger partial charge is 0.307 e. The van der Waals surface area contributed by atoms with Gasteiger partial charge in [-0.1, -0.05) is 5.92 Å². The van der Waals surface area contributed by atoms with Crippen molar-refractivity contribution in [1.82, 2.24) is 9.97 Å². The molecule has 2 heterocycles. The summed E-state index contributed by atoms with van der Waals surface area (Å²) in [4.78, 5) is 17.5. The number of nitrogens with zero attached hydrogens (tertiary/aromatic N) is 1. The van der Waals surface area contributed by atoms with Crippen LogP contribution in [-0.4, -0.2) is 9.97 Å². The van der Waals surface area contributed by atoms with Gasteiger partial charge in [0.05, 0.1) is 0 Å². The Morgan fingerprint density at radius 1 is 1.46 bits per heavy atom. The fraction of sp³-hybridized carbons (Fsp3) is 0. The molecule has 2 aromatic heterocycles. The van der Waals surface area contributed by atoms with Gasteiger partial charge in [-0.05, 0) is 12.1 Å². The predicted molar refractivity (Wildman–Crippen MR) is 50.3 cm³/mol. The highest BCUT2D eigenvalue weighted by molar-refractivity contribution is 5.75. The first kappa shape index (κ1) is 7.56. The van der Waals surface area contributed by atoms with Gasteiger partial charge in [0, 0.05) is 23.2 Å². The molecule has 62 valence electrons. The highest BCUT2D eigenvalue weighted by Gasteiger charge is 1.95. The first-order chi connectivity index (χ1) is 6.29. The summed E-state index contributed by atoms with van der Waals surface area (Å²) in [6.07, 6.45) is 6.76. The Labute approximate surface area is 74.4 Å². The van der Waals surface area contributed by atoms with Gasteiger partial charge in [-0.25, -0.2) is 4.98 Å². The summed E-state index contributed by atoms with van der Waals surface area (Å²) in [5.41, 5.74) is 1.11. The molecule has 0 amide bonds. The third kappa shape index (κ3) is 1.30. The molecule has 1 N–H and O–H groups in total. The molecule has 0 bridgehead atoms. The van der Waals surface area contributed by atoms with E-state index in [1.165, 1.54) is 6.07 Å². The summed E-state index contributed by atoms with van der Waals surface area (Å²) in [6, 6.07) is 4.95. The molecular formula is C10H6N2O. The van der Waals surface area contributed by atoms with E-state index < -0.39 is 0 Å². The highest BCUT2D eigenvalue weighted by Crippen LogP contribution is 2.07. The lowest BCUT2D eigenvalue weighted by molar-refractivity contribution is 1.23. The van der Waals surface area contributed by atoms with Crippen molar-refractivity contribution < 1.29 is 0 Å². The van der Waals surface area contributed by atoms with Crippen LogP contribution in [0.4, 0.5) is 0 Å². The molecule has 2 aromatic rings. The van der Waals surface area contributed by atoms with Gasteiger partial charge >= 0.3 is 0 Å². The van der Waals surface area contributed by atoms with Crippen molar-refractivity contribution in [3.8, 4) is 12.3 Å². The molecule has 0 unspecified atom stereocenters. The molecule has 0 saturated heterocycles. The van der Waals surface area contributed by atoms with E-state index in [2.05, 4.69) is 15.9 Å². The van der Waals surface area contributed by atoms with Crippen LogP contribution in [0, 0.1) is 12.3 Å². The van der Waals surface area contributed by atoms with Gasteiger partial charge < -0.3 is 4.98 Å². The summed E-state index contributed by atoms with van der Waals surface area (Å²) >= 11 is 0. The summed E-state index contributed by atoms with van der Waals surface area (Å²) in [6.45, 7) is 0. The van der Waals surface area contributed by atoms with Gasteiger partial charge in [-0.3, -0.25) is 4.79 Å². The standard InChI is InChI=1S/C10H6N2O/c1-2-7-5-8-3-4-9(13)12-10(8)11-6-7/h1,3-6H,(H,11,12,13). The number of hydrogen-bond acceptors (Lipinski definition) is 2. The summed E-state index contributed by atoms with van der Waals surface area (Å²) in [7, 11) is 0. The number of hydrogen-bond donors (Lipinski definition) is 1. The minimum absolute atomic E-state index is 0.159. The molecule has 3 heteroatoms. The first-order valence-corrected chi connectivity index (χ1v) is 3.75. The number of pyridine rings is 2. The topological polar surface area (TPSA) is 45.8 Å². The maximum absolute atomic E-state index is 10.9. The van der Waals surface area contributed by atoms with Crippen LogP contribution in [0.25, 0.3) is 11.0 Å². The lowest BCUT2D eigenvalue weighted by atomic mass is 10.2. The van der Waals surface area contributed by atoms with Crippen molar-refractivity contribution in [1.29, 1.82) is 0 Å². The molecule has 2 rings (SSSR count). The average molecular weight is 170 g/mol.